The first kappa shape index (κ1) is 16.5. The lowest BCUT2D eigenvalue weighted by molar-refractivity contribution is -0.173. The first-order valence-electron chi connectivity index (χ1n) is 6.71. The zero-order valence-electron chi connectivity index (χ0n) is 12.2. The number of pyridine rings is 1. The molecule has 0 saturated carbocycles. The molecule has 0 fully saturated rings. The van der Waals surface area contributed by atoms with Gasteiger partial charge in [0.15, 0.2) is 0 Å². The van der Waals surface area contributed by atoms with Gasteiger partial charge in [-0.2, -0.15) is 18.4 Å². The highest BCUT2D eigenvalue weighted by Crippen LogP contribution is 2.21. The Morgan fingerprint density at radius 2 is 2.04 bits per heavy atom. The number of fused-ring (bicyclic) bond motifs is 1. The number of nitrogens with zero attached hydrogens (tertiary/aromatic N) is 2. The Morgan fingerprint density at radius 3 is 2.70 bits per heavy atom. The van der Waals surface area contributed by atoms with Crippen molar-refractivity contribution >= 4 is 22.6 Å². The van der Waals surface area contributed by atoms with Crippen molar-refractivity contribution in [2.45, 2.75) is 13.1 Å². The van der Waals surface area contributed by atoms with Gasteiger partial charge in [-0.05, 0) is 25.1 Å². The van der Waals surface area contributed by atoms with Crippen LogP contribution in [0.5, 0.6) is 0 Å². The third kappa shape index (κ3) is 4.10. The molecule has 2 N–H and O–H groups in total. The zero-order valence-corrected chi connectivity index (χ0v) is 12.2. The fourth-order valence-electron chi connectivity index (χ4n) is 1.97. The van der Waals surface area contributed by atoms with Crippen molar-refractivity contribution in [3.63, 3.8) is 0 Å². The summed E-state index contributed by atoms with van der Waals surface area (Å²) >= 11 is 0. The lowest BCUT2D eigenvalue weighted by Crippen LogP contribution is -2.39. The summed E-state index contributed by atoms with van der Waals surface area (Å²) in [7, 11) is 0. The standard InChI is InChI=1S/C15H13F3N4O/c1-9-2-3-12-10(6-9)7-11(8-19)13(22-12)20-4-5-21-14(23)15(16,17)18/h2-3,6-7H,4-5H2,1H3,(H,20,22)(H,21,23). The Labute approximate surface area is 130 Å². The normalized spacial score (nSPS) is 11.1. The lowest BCUT2D eigenvalue weighted by atomic mass is 10.1. The fourth-order valence-corrected chi connectivity index (χ4v) is 1.97. The number of alkyl halides is 3. The predicted octanol–water partition coefficient (Wildman–Crippen LogP) is 2.51. The van der Waals surface area contributed by atoms with E-state index in [4.69, 9.17) is 5.26 Å². The molecule has 5 nitrogen and oxygen atoms in total. The van der Waals surface area contributed by atoms with E-state index in [0.29, 0.717) is 5.52 Å². The van der Waals surface area contributed by atoms with Gasteiger partial charge in [0.1, 0.15) is 11.9 Å². The van der Waals surface area contributed by atoms with E-state index in [9.17, 15) is 18.0 Å². The van der Waals surface area contributed by atoms with Crippen LogP contribution in [0.2, 0.25) is 0 Å². The number of hydrogen-bond acceptors (Lipinski definition) is 4. The van der Waals surface area contributed by atoms with E-state index >= 15 is 0 Å². The molecule has 1 heterocycles. The van der Waals surface area contributed by atoms with E-state index in [1.165, 1.54) is 0 Å². The maximum absolute atomic E-state index is 12.0. The molecule has 23 heavy (non-hydrogen) atoms. The van der Waals surface area contributed by atoms with Gasteiger partial charge in [0.25, 0.3) is 0 Å². The van der Waals surface area contributed by atoms with Crippen LogP contribution >= 0.6 is 0 Å². The fraction of sp³-hybridized carbons (Fsp3) is 0.267. The Kier molecular flexibility index (Phi) is 4.69. The van der Waals surface area contributed by atoms with Gasteiger partial charge in [0.2, 0.25) is 0 Å². The monoisotopic (exact) mass is 322 g/mol. The second-order valence-electron chi connectivity index (χ2n) is 4.87. The van der Waals surface area contributed by atoms with E-state index in [-0.39, 0.29) is 24.5 Å². The van der Waals surface area contributed by atoms with Crippen LogP contribution < -0.4 is 10.6 Å². The number of benzene rings is 1. The Bertz CT molecular complexity index is 781. The van der Waals surface area contributed by atoms with Crippen molar-refractivity contribution in [2.75, 3.05) is 18.4 Å². The summed E-state index contributed by atoms with van der Waals surface area (Å²) in [5, 5.41) is 14.5. The molecule has 0 saturated heterocycles. The second-order valence-corrected chi connectivity index (χ2v) is 4.87. The first-order valence-corrected chi connectivity index (χ1v) is 6.71. The minimum atomic E-state index is -4.91. The van der Waals surface area contributed by atoms with Gasteiger partial charge >= 0.3 is 12.1 Å². The van der Waals surface area contributed by atoms with Crippen molar-refractivity contribution in [1.29, 1.82) is 5.26 Å². The molecule has 120 valence electrons. The first-order chi connectivity index (χ1) is 10.8. The average molecular weight is 322 g/mol. The van der Waals surface area contributed by atoms with E-state index in [1.807, 2.05) is 25.1 Å². The van der Waals surface area contributed by atoms with Gasteiger partial charge in [-0.25, -0.2) is 4.98 Å². The van der Waals surface area contributed by atoms with E-state index in [1.54, 1.807) is 17.4 Å². The number of carbonyl (C=O) groups is 1. The number of anilines is 1. The topological polar surface area (TPSA) is 77.8 Å². The van der Waals surface area contributed by atoms with Crippen LogP contribution in [0.25, 0.3) is 10.9 Å². The van der Waals surface area contributed by atoms with Crippen LogP contribution in [0.4, 0.5) is 19.0 Å². The van der Waals surface area contributed by atoms with Crippen molar-refractivity contribution in [1.82, 2.24) is 10.3 Å². The smallest absolute Gasteiger partial charge is 0.367 e. The minimum Gasteiger partial charge on any atom is -0.367 e. The van der Waals surface area contributed by atoms with E-state index in [2.05, 4.69) is 10.3 Å². The molecule has 2 aromatic rings. The Balaban J connectivity index is 2.07. The van der Waals surface area contributed by atoms with Gasteiger partial charge in [0.05, 0.1) is 11.1 Å². The molecule has 0 atom stereocenters. The largest absolute Gasteiger partial charge is 0.471 e. The molecular weight excluding hydrogens is 309 g/mol. The van der Waals surface area contributed by atoms with Gasteiger partial charge in [-0.3, -0.25) is 4.79 Å². The number of rotatable bonds is 4. The number of amides is 1. The van der Waals surface area contributed by atoms with Crippen molar-refractivity contribution in [3.05, 3.63) is 35.4 Å². The van der Waals surface area contributed by atoms with Crippen LogP contribution in [0.3, 0.4) is 0 Å². The third-order valence-corrected chi connectivity index (χ3v) is 3.05. The summed E-state index contributed by atoms with van der Waals surface area (Å²) in [4.78, 5) is 15.0. The van der Waals surface area contributed by atoms with Crippen molar-refractivity contribution < 1.29 is 18.0 Å². The molecule has 0 radical (unpaired) electrons. The molecule has 0 spiro atoms. The second kappa shape index (κ2) is 6.52. The molecule has 0 aliphatic carbocycles. The minimum absolute atomic E-state index is 0.0148. The summed E-state index contributed by atoms with van der Waals surface area (Å²) in [5.41, 5.74) is 1.97. The molecule has 1 aromatic heterocycles. The molecule has 0 bridgehead atoms. The van der Waals surface area contributed by atoms with Crippen LogP contribution in [-0.2, 0) is 4.79 Å². The number of nitriles is 1. The lowest BCUT2D eigenvalue weighted by Gasteiger charge is -2.11. The number of hydrogen-bond donors (Lipinski definition) is 2. The van der Waals surface area contributed by atoms with Gasteiger partial charge in [0, 0.05) is 18.5 Å². The van der Waals surface area contributed by atoms with Crippen molar-refractivity contribution in [3.8, 4) is 6.07 Å². The summed E-state index contributed by atoms with van der Waals surface area (Å²) in [6.07, 6.45) is -4.91. The van der Waals surface area contributed by atoms with Crippen LogP contribution in [0.15, 0.2) is 24.3 Å². The van der Waals surface area contributed by atoms with Crippen LogP contribution in [0.1, 0.15) is 11.1 Å². The number of nitrogens with one attached hydrogen (secondary N) is 2. The van der Waals surface area contributed by atoms with Crippen LogP contribution in [0, 0.1) is 18.3 Å². The Hall–Kier alpha value is -2.82. The number of carbonyl (C=O) groups excluding carboxylic acids is 1. The highest BCUT2D eigenvalue weighted by atomic mass is 19.4. The molecule has 0 aliphatic rings. The molecule has 8 heteroatoms. The van der Waals surface area contributed by atoms with Gasteiger partial charge in [-0.1, -0.05) is 11.6 Å². The van der Waals surface area contributed by atoms with Crippen LogP contribution in [-0.4, -0.2) is 30.2 Å². The van der Waals surface area contributed by atoms with E-state index in [0.717, 1.165) is 10.9 Å². The summed E-state index contributed by atoms with van der Waals surface area (Å²) in [6.45, 7) is 1.69. The number of halogens is 3. The Morgan fingerprint density at radius 1 is 1.30 bits per heavy atom. The molecule has 0 aliphatic heterocycles. The average Bonchev–Trinajstić information content (AvgIpc) is 2.49. The zero-order chi connectivity index (χ0) is 17.0. The molecule has 2 rings (SSSR count). The molecule has 1 aromatic carbocycles. The van der Waals surface area contributed by atoms with Gasteiger partial charge in [-0.15, -0.1) is 0 Å². The van der Waals surface area contributed by atoms with Gasteiger partial charge < -0.3 is 10.6 Å². The molecule has 1 amide bonds. The SMILES string of the molecule is Cc1ccc2nc(NCCNC(=O)C(F)(F)F)c(C#N)cc2c1. The van der Waals surface area contributed by atoms with Crippen molar-refractivity contribution in [2.24, 2.45) is 0 Å². The third-order valence-electron chi connectivity index (χ3n) is 3.05. The molecular formula is C15H13F3N4O. The molecule has 0 unspecified atom stereocenters. The predicted molar refractivity (Wildman–Crippen MR) is 78.7 cm³/mol. The summed E-state index contributed by atoms with van der Waals surface area (Å²) in [5.74, 6) is -1.73. The summed E-state index contributed by atoms with van der Waals surface area (Å²) < 4.78 is 36.1. The van der Waals surface area contributed by atoms with E-state index < -0.39 is 12.1 Å². The maximum atomic E-state index is 12.0. The number of aromatic nitrogens is 1. The quantitative estimate of drug-likeness (QED) is 0.848. The highest BCUT2D eigenvalue weighted by Gasteiger charge is 2.38. The maximum Gasteiger partial charge on any atom is 0.471 e. The highest BCUT2D eigenvalue weighted by molar-refractivity contribution is 5.83. The summed E-state index contributed by atoms with van der Waals surface area (Å²) in [6, 6.07) is 9.20. The number of aryl methyl sites for hydroxylation is 1.